The summed E-state index contributed by atoms with van der Waals surface area (Å²) in [6, 6.07) is 3.63. The molecule has 1 aliphatic heterocycles. The summed E-state index contributed by atoms with van der Waals surface area (Å²) in [7, 11) is 0. The lowest BCUT2D eigenvalue weighted by Crippen LogP contribution is -2.34. The molecule has 2 atom stereocenters. The smallest absolute Gasteiger partial charge is 0.162 e. The molecule has 3 heteroatoms. The molecule has 37 heavy (non-hydrogen) atoms. The number of hydrogen-bond acceptors (Lipinski definition) is 2. The van der Waals surface area contributed by atoms with Crippen molar-refractivity contribution >= 4 is 5.78 Å². The van der Waals surface area contributed by atoms with Crippen LogP contribution in [0.15, 0.2) is 12.1 Å². The highest BCUT2D eigenvalue weighted by Crippen LogP contribution is 2.45. The molecule has 3 fully saturated rings. The molecule has 2 aliphatic carbocycles. The summed E-state index contributed by atoms with van der Waals surface area (Å²) in [5.74, 6) is 4.42. The van der Waals surface area contributed by atoms with Gasteiger partial charge in [0.05, 0.1) is 12.7 Å². The Labute approximate surface area is 226 Å². The monoisotopic (exact) mass is 512 g/mol. The average molecular weight is 513 g/mol. The van der Waals surface area contributed by atoms with Gasteiger partial charge < -0.3 is 4.74 Å². The standard InChI is InChI=1S/C34H53FO2/c1-4-6-7-8-25-9-11-26(12-10-25)27-13-15-28(16-14-27)30-18-21-31(37-23-30)20-17-29-19-22-32(33(36)5-2)24(3)34(29)35/h19,22,25-28,30-31H,4-18,20-21,23H2,1-3H3. The first-order valence-electron chi connectivity index (χ1n) is 15.9. The highest BCUT2D eigenvalue weighted by Gasteiger charge is 2.35. The van der Waals surface area contributed by atoms with Crippen LogP contribution in [-0.4, -0.2) is 18.5 Å². The van der Waals surface area contributed by atoms with E-state index < -0.39 is 0 Å². The van der Waals surface area contributed by atoms with Crippen LogP contribution in [0.5, 0.6) is 0 Å². The molecule has 2 unspecified atom stereocenters. The summed E-state index contributed by atoms with van der Waals surface area (Å²) in [5, 5.41) is 0. The lowest BCUT2D eigenvalue weighted by atomic mass is 9.66. The molecule has 1 aromatic carbocycles. The van der Waals surface area contributed by atoms with E-state index in [2.05, 4.69) is 6.92 Å². The highest BCUT2D eigenvalue weighted by molar-refractivity contribution is 5.97. The molecular weight excluding hydrogens is 459 g/mol. The van der Waals surface area contributed by atoms with E-state index in [1.165, 1.54) is 83.5 Å². The van der Waals surface area contributed by atoms with Crippen molar-refractivity contribution in [2.45, 2.75) is 136 Å². The topological polar surface area (TPSA) is 26.3 Å². The molecule has 0 N–H and O–H groups in total. The SMILES string of the molecule is CCCCCC1CCC(C2CCC(C3CCC(CCc4ccc(C(=O)CC)c(C)c4F)OC3)CC2)CC1. The molecule has 1 saturated heterocycles. The van der Waals surface area contributed by atoms with E-state index >= 15 is 0 Å². The lowest BCUT2D eigenvalue weighted by molar-refractivity contribution is -0.0434. The minimum Gasteiger partial charge on any atom is -0.378 e. The predicted molar refractivity (Wildman–Crippen MR) is 152 cm³/mol. The number of rotatable bonds is 11. The number of ether oxygens (including phenoxy) is 1. The fourth-order valence-electron chi connectivity index (χ4n) is 7.89. The second kappa shape index (κ2) is 14.2. The molecule has 2 saturated carbocycles. The van der Waals surface area contributed by atoms with Crippen molar-refractivity contribution in [2.75, 3.05) is 6.61 Å². The summed E-state index contributed by atoms with van der Waals surface area (Å²) < 4.78 is 21.2. The summed E-state index contributed by atoms with van der Waals surface area (Å²) in [4.78, 5) is 12.0. The highest BCUT2D eigenvalue weighted by atomic mass is 19.1. The Morgan fingerprint density at radius 2 is 1.46 bits per heavy atom. The molecule has 1 aromatic rings. The van der Waals surface area contributed by atoms with Crippen molar-refractivity contribution in [3.8, 4) is 0 Å². The van der Waals surface area contributed by atoms with Gasteiger partial charge in [-0.2, -0.15) is 0 Å². The number of carbonyl (C=O) groups is 1. The first-order chi connectivity index (χ1) is 18.0. The average Bonchev–Trinajstić information content (AvgIpc) is 2.94. The van der Waals surface area contributed by atoms with E-state index in [-0.39, 0.29) is 17.7 Å². The number of halogens is 1. The third-order valence-corrected chi connectivity index (χ3v) is 10.5. The second-order valence-electron chi connectivity index (χ2n) is 12.8. The number of Topliss-reactive ketones (excluding diaryl/α,β-unsaturated/α-hetero) is 1. The zero-order chi connectivity index (χ0) is 26.2. The maximum Gasteiger partial charge on any atom is 0.162 e. The van der Waals surface area contributed by atoms with Gasteiger partial charge in [0.2, 0.25) is 0 Å². The Morgan fingerprint density at radius 1 is 0.838 bits per heavy atom. The Hall–Kier alpha value is -1.22. The molecule has 0 spiro atoms. The number of aryl methyl sites for hydroxylation is 1. The summed E-state index contributed by atoms with van der Waals surface area (Å²) in [5.41, 5.74) is 1.76. The van der Waals surface area contributed by atoms with Crippen LogP contribution >= 0.6 is 0 Å². The van der Waals surface area contributed by atoms with Gasteiger partial charge in [0.25, 0.3) is 0 Å². The van der Waals surface area contributed by atoms with Crippen molar-refractivity contribution in [3.05, 3.63) is 34.6 Å². The number of hydrogen-bond donors (Lipinski definition) is 0. The van der Waals surface area contributed by atoms with Crippen LogP contribution in [0.4, 0.5) is 4.39 Å². The van der Waals surface area contributed by atoms with E-state index in [9.17, 15) is 9.18 Å². The van der Waals surface area contributed by atoms with Crippen molar-refractivity contribution < 1.29 is 13.9 Å². The molecule has 2 nitrogen and oxygen atoms in total. The van der Waals surface area contributed by atoms with Crippen molar-refractivity contribution in [2.24, 2.45) is 29.6 Å². The summed E-state index contributed by atoms with van der Waals surface area (Å²) in [6.07, 6.45) is 22.0. The minimum absolute atomic E-state index is 0.0174. The van der Waals surface area contributed by atoms with Crippen molar-refractivity contribution in [3.63, 3.8) is 0 Å². The third kappa shape index (κ3) is 7.68. The number of carbonyl (C=O) groups excluding carboxylic acids is 1. The molecule has 0 amide bonds. The maximum atomic E-state index is 14.9. The van der Waals surface area contributed by atoms with Crippen LogP contribution in [0.1, 0.15) is 138 Å². The van der Waals surface area contributed by atoms with Gasteiger partial charge in [-0.1, -0.05) is 64.5 Å². The van der Waals surface area contributed by atoms with E-state index in [4.69, 9.17) is 4.74 Å². The van der Waals surface area contributed by atoms with Crippen LogP contribution in [0, 0.1) is 42.3 Å². The normalized spacial score (nSPS) is 30.8. The van der Waals surface area contributed by atoms with Gasteiger partial charge in [-0.15, -0.1) is 0 Å². The van der Waals surface area contributed by atoms with Crippen LogP contribution in [0.2, 0.25) is 0 Å². The first-order valence-corrected chi connectivity index (χ1v) is 15.9. The quantitative estimate of drug-likeness (QED) is 0.218. The third-order valence-electron chi connectivity index (χ3n) is 10.5. The maximum absolute atomic E-state index is 14.9. The second-order valence-corrected chi connectivity index (χ2v) is 12.8. The summed E-state index contributed by atoms with van der Waals surface area (Å²) >= 11 is 0. The molecular formula is C34H53FO2. The van der Waals surface area contributed by atoms with Gasteiger partial charge in [0.1, 0.15) is 5.82 Å². The largest absolute Gasteiger partial charge is 0.378 e. The molecule has 3 aliphatic rings. The lowest BCUT2D eigenvalue weighted by Gasteiger charge is -2.41. The summed E-state index contributed by atoms with van der Waals surface area (Å²) in [6.45, 7) is 6.77. The molecule has 4 rings (SSSR count). The predicted octanol–water partition coefficient (Wildman–Crippen LogP) is 9.65. The zero-order valence-corrected chi connectivity index (χ0v) is 24.0. The Morgan fingerprint density at radius 3 is 2.05 bits per heavy atom. The molecule has 0 aromatic heterocycles. The number of unbranched alkanes of at least 4 members (excludes halogenated alkanes) is 2. The molecule has 1 heterocycles. The van der Waals surface area contributed by atoms with Gasteiger partial charge in [-0.25, -0.2) is 4.39 Å². The fraction of sp³-hybridized carbons (Fsp3) is 0.794. The van der Waals surface area contributed by atoms with Gasteiger partial charge >= 0.3 is 0 Å². The van der Waals surface area contributed by atoms with E-state index in [0.29, 0.717) is 24.0 Å². The zero-order valence-electron chi connectivity index (χ0n) is 24.0. The Kier molecular flexibility index (Phi) is 11.1. The van der Waals surface area contributed by atoms with Gasteiger partial charge in [-0.3, -0.25) is 4.79 Å². The van der Waals surface area contributed by atoms with Crippen LogP contribution in [0.25, 0.3) is 0 Å². The van der Waals surface area contributed by atoms with Gasteiger partial charge in [0.15, 0.2) is 5.78 Å². The number of benzene rings is 1. The van der Waals surface area contributed by atoms with E-state index in [1.54, 1.807) is 6.92 Å². The van der Waals surface area contributed by atoms with Crippen molar-refractivity contribution in [1.29, 1.82) is 0 Å². The molecule has 0 radical (unpaired) electrons. The van der Waals surface area contributed by atoms with E-state index in [0.717, 1.165) is 54.6 Å². The number of ketones is 1. The first kappa shape index (κ1) is 28.8. The molecule has 0 bridgehead atoms. The van der Waals surface area contributed by atoms with Gasteiger partial charge in [0, 0.05) is 12.0 Å². The fourth-order valence-corrected chi connectivity index (χ4v) is 7.89. The molecule has 208 valence electrons. The van der Waals surface area contributed by atoms with Crippen LogP contribution < -0.4 is 0 Å². The van der Waals surface area contributed by atoms with Crippen molar-refractivity contribution in [1.82, 2.24) is 0 Å². The van der Waals surface area contributed by atoms with Gasteiger partial charge in [-0.05, 0) is 112 Å². The van der Waals surface area contributed by atoms with E-state index in [1.807, 2.05) is 19.1 Å². The van der Waals surface area contributed by atoms with Crippen LogP contribution in [0.3, 0.4) is 0 Å². The minimum atomic E-state index is -0.199. The Balaban J connectivity index is 1.14. The van der Waals surface area contributed by atoms with Crippen LogP contribution in [-0.2, 0) is 11.2 Å². The Bertz CT molecular complexity index is 840.